The summed E-state index contributed by atoms with van der Waals surface area (Å²) >= 11 is 0. The van der Waals surface area contributed by atoms with Crippen LogP contribution < -0.4 is 9.47 Å². The molecule has 2 aliphatic rings. The topological polar surface area (TPSA) is 46.7 Å². The predicted octanol–water partition coefficient (Wildman–Crippen LogP) is 3.82. The Kier molecular flexibility index (Phi) is 6.24. The molecule has 0 unspecified atom stereocenters. The Morgan fingerprint density at radius 2 is 1.10 bits per heavy atom. The van der Waals surface area contributed by atoms with Crippen LogP contribution in [0.2, 0.25) is 0 Å². The summed E-state index contributed by atoms with van der Waals surface area (Å²) < 4.78 is 10.5. The van der Waals surface area contributed by atoms with Crippen molar-refractivity contribution in [3.63, 3.8) is 0 Å². The number of nitrogens with zero attached hydrogens (tertiary/aromatic N) is 2. The van der Waals surface area contributed by atoms with Gasteiger partial charge in [0.2, 0.25) is 0 Å². The zero-order chi connectivity index (χ0) is 13.6. The molecule has 0 atom stereocenters. The normalized spacial score (nSPS) is 14.9. The summed E-state index contributed by atoms with van der Waals surface area (Å²) in [4.78, 5) is 0. The van der Waals surface area contributed by atoms with Crippen molar-refractivity contribution < 1.29 is 30.5 Å². The van der Waals surface area contributed by atoms with Crippen LogP contribution in [0.3, 0.4) is 0 Å². The van der Waals surface area contributed by atoms with E-state index in [0.29, 0.717) is 13.5 Å². The van der Waals surface area contributed by atoms with E-state index in [1.807, 2.05) is 48.5 Å². The summed E-state index contributed by atoms with van der Waals surface area (Å²) in [5.41, 5.74) is 2.38. The van der Waals surface area contributed by atoms with Crippen LogP contribution in [0, 0.1) is 0 Å². The van der Waals surface area contributed by atoms with Crippen molar-refractivity contribution in [1.29, 1.82) is 0 Å². The molecule has 5 heteroatoms. The van der Waals surface area contributed by atoms with Gasteiger partial charge >= 0.3 is 21.1 Å². The van der Waals surface area contributed by atoms with Crippen LogP contribution in [-0.2, 0) is 34.2 Å². The second-order valence-corrected chi connectivity index (χ2v) is 4.53. The van der Waals surface area contributed by atoms with Crippen molar-refractivity contribution >= 4 is 0 Å². The molecule has 0 radical (unpaired) electrons. The second-order valence-electron chi connectivity index (χ2n) is 4.53. The third-order valence-electron chi connectivity index (χ3n) is 3.13. The maximum absolute atomic E-state index is 5.26. The monoisotopic (exact) mass is 452 g/mol. The summed E-state index contributed by atoms with van der Waals surface area (Å²) in [6.45, 7) is 2.63. The van der Waals surface area contributed by atoms with Gasteiger partial charge in [0.05, 0.1) is 0 Å². The van der Waals surface area contributed by atoms with Crippen molar-refractivity contribution in [2.45, 2.75) is 13.1 Å². The summed E-state index contributed by atoms with van der Waals surface area (Å²) in [6, 6.07) is 16.0. The molecule has 21 heavy (non-hydrogen) atoms. The fraction of sp³-hybridized carbons (Fsp3) is 0.250. The molecule has 2 aliphatic heterocycles. The molecule has 2 aromatic rings. The zero-order valence-corrected chi connectivity index (χ0v) is 14.5. The Morgan fingerprint density at radius 1 is 0.667 bits per heavy atom. The van der Waals surface area contributed by atoms with E-state index in [1.165, 1.54) is 11.1 Å². The number of hydrogen-bond acceptors (Lipinski definition) is 2. The van der Waals surface area contributed by atoms with Crippen molar-refractivity contribution in [2.75, 3.05) is 13.5 Å². The third kappa shape index (κ3) is 4.31. The maximum atomic E-state index is 5.26. The molecule has 2 heterocycles. The number of benzene rings is 2. The second kappa shape index (κ2) is 8.18. The first kappa shape index (κ1) is 16.0. The van der Waals surface area contributed by atoms with Crippen molar-refractivity contribution in [3.8, 4) is 11.5 Å². The molecule has 4 rings (SSSR count). The Labute approximate surface area is 139 Å². The Balaban J connectivity index is 0.000000147. The quantitative estimate of drug-likeness (QED) is 0.611. The summed E-state index contributed by atoms with van der Waals surface area (Å²) in [5, 5.41) is 8.19. The molecule has 0 aliphatic carbocycles. The molecule has 0 fully saturated rings. The van der Waals surface area contributed by atoms with Crippen LogP contribution in [0.4, 0.5) is 0 Å². The number of rotatable bonds is 0. The van der Waals surface area contributed by atoms with E-state index in [0.717, 1.165) is 24.6 Å². The molecule has 0 bridgehead atoms. The van der Waals surface area contributed by atoms with Crippen LogP contribution >= 0.6 is 0 Å². The third-order valence-corrected chi connectivity index (χ3v) is 3.13. The molecule has 2 aromatic carbocycles. The average Bonchev–Trinajstić information content (AvgIpc) is 2.56. The molecule has 0 saturated carbocycles. The van der Waals surface area contributed by atoms with Gasteiger partial charge in [-0.15, -0.1) is 13.1 Å². The first-order valence-corrected chi connectivity index (χ1v) is 6.61. The van der Waals surface area contributed by atoms with Crippen molar-refractivity contribution in [3.05, 3.63) is 70.3 Å². The van der Waals surface area contributed by atoms with Crippen LogP contribution in [0.15, 0.2) is 48.5 Å². The van der Waals surface area contributed by atoms with E-state index in [2.05, 4.69) is 10.6 Å². The predicted molar refractivity (Wildman–Crippen MR) is 78.0 cm³/mol. The average molecular weight is 452 g/mol. The van der Waals surface area contributed by atoms with Crippen LogP contribution in [0.5, 0.6) is 11.5 Å². The summed E-state index contributed by atoms with van der Waals surface area (Å²) in [5.74, 6) is 1.97. The fourth-order valence-corrected chi connectivity index (χ4v) is 2.11. The van der Waals surface area contributed by atoms with Gasteiger partial charge in [-0.1, -0.05) is 36.4 Å². The molecule has 0 aromatic heterocycles. The molecular formula is C16H16N2O2W. The molecule has 0 saturated heterocycles. The van der Waals surface area contributed by atoms with Gasteiger partial charge < -0.3 is 20.1 Å². The van der Waals surface area contributed by atoms with Gasteiger partial charge in [0, 0.05) is 13.5 Å². The summed E-state index contributed by atoms with van der Waals surface area (Å²) in [6.07, 6.45) is 0. The van der Waals surface area contributed by atoms with Gasteiger partial charge in [0.15, 0.2) is 0 Å². The molecule has 0 N–H and O–H groups in total. The fourth-order valence-electron chi connectivity index (χ4n) is 2.11. The number of fused-ring (bicyclic) bond motifs is 2. The number of para-hydroxylation sites is 2. The van der Waals surface area contributed by atoms with Gasteiger partial charge in [-0.2, -0.15) is 0 Å². The van der Waals surface area contributed by atoms with Gasteiger partial charge in [-0.05, 0) is 23.3 Å². The van der Waals surface area contributed by atoms with Crippen molar-refractivity contribution in [1.82, 2.24) is 0 Å². The number of hydrogen-bond donors (Lipinski definition) is 0. The van der Waals surface area contributed by atoms with Gasteiger partial charge in [-0.25, -0.2) is 0 Å². The Hall–Kier alpha value is -1.35. The van der Waals surface area contributed by atoms with Gasteiger partial charge in [-0.3, -0.25) is 0 Å². The minimum atomic E-state index is 0. The minimum absolute atomic E-state index is 0. The number of ether oxygens (including phenoxy) is 2. The summed E-state index contributed by atoms with van der Waals surface area (Å²) in [7, 11) is 0. The SMILES string of the molecule is [W+2].c1ccc2c(c1)C[N-]CO2.c1ccc2c(c1)C[N-]CO2. The van der Waals surface area contributed by atoms with E-state index < -0.39 is 0 Å². The van der Waals surface area contributed by atoms with Crippen LogP contribution in [0.25, 0.3) is 10.6 Å². The standard InChI is InChI=1S/2C8H8NO.W/c2*1-2-4-8-7(3-1)5-9-6-10-8;/h2*1-4H,5-6H2;/q2*-1;+2. The van der Waals surface area contributed by atoms with E-state index in [-0.39, 0.29) is 21.1 Å². The molecular weight excluding hydrogens is 436 g/mol. The first-order chi connectivity index (χ1) is 9.93. The Morgan fingerprint density at radius 3 is 1.52 bits per heavy atom. The van der Waals surface area contributed by atoms with Crippen LogP contribution in [0.1, 0.15) is 11.1 Å². The van der Waals surface area contributed by atoms with E-state index in [1.54, 1.807) is 0 Å². The van der Waals surface area contributed by atoms with E-state index in [4.69, 9.17) is 9.47 Å². The minimum Gasteiger partial charge on any atom is -0.625 e. The zero-order valence-electron chi connectivity index (χ0n) is 11.6. The molecule has 0 spiro atoms. The van der Waals surface area contributed by atoms with Gasteiger partial charge in [0.1, 0.15) is 11.5 Å². The van der Waals surface area contributed by atoms with Crippen molar-refractivity contribution in [2.24, 2.45) is 0 Å². The molecule has 0 amide bonds. The smallest absolute Gasteiger partial charge is 0.625 e. The largest absolute Gasteiger partial charge is 2.00 e. The maximum Gasteiger partial charge on any atom is 2.00 e. The van der Waals surface area contributed by atoms with E-state index in [9.17, 15) is 0 Å². The van der Waals surface area contributed by atoms with Crippen LogP contribution in [-0.4, -0.2) is 13.5 Å². The first-order valence-electron chi connectivity index (χ1n) is 6.61. The van der Waals surface area contributed by atoms with E-state index >= 15 is 0 Å². The van der Waals surface area contributed by atoms with Gasteiger partial charge in [0.25, 0.3) is 0 Å². The Bertz CT molecular complexity index is 476. The molecule has 4 nitrogen and oxygen atoms in total. The molecule has 108 valence electrons.